The molecular formula is C13H14N4O. The smallest absolute Gasteiger partial charge is 0.234 e. The molecule has 92 valence electrons. The van der Waals surface area contributed by atoms with Crippen LogP contribution in [0.5, 0.6) is 0 Å². The fraction of sp³-hybridized carbons (Fsp3) is 0.231. The second-order valence-corrected chi connectivity index (χ2v) is 4.34. The van der Waals surface area contributed by atoms with E-state index < -0.39 is 0 Å². The third-order valence-electron chi connectivity index (χ3n) is 3.17. The minimum Gasteiger partial charge on any atom is -0.312 e. The highest BCUT2D eigenvalue weighted by Gasteiger charge is 2.26. The molecule has 0 spiro atoms. The van der Waals surface area contributed by atoms with Crippen molar-refractivity contribution >= 4 is 11.7 Å². The molecule has 0 aliphatic carbocycles. The number of hydrogen-bond acceptors (Lipinski definition) is 3. The lowest BCUT2D eigenvalue weighted by atomic mass is 9.90. The molecule has 5 nitrogen and oxygen atoms in total. The van der Waals surface area contributed by atoms with Crippen molar-refractivity contribution in [1.29, 1.82) is 0 Å². The van der Waals surface area contributed by atoms with Gasteiger partial charge in [-0.05, 0) is 11.1 Å². The van der Waals surface area contributed by atoms with E-state index in [2.05, 4.69) is 26.9 Å². The summed E-state index contributed by atoms with van der Waals surface area (Å²) >= 11 is 0. The Bertz CT molecular complexity index is 550. The molecule has 1 aromatic heterocycles. The van der Waals surface area contributed by atoms with Gasteiger partial charge in [0.1, 0.15) is 5.82 Å². The highest BCUT2D eigenvalue weighted by molar-refractivity contribution is 5.95. The second-order valence-electron chi connectivity index (χ2n) is 4.34. The summed E-state index contributed by atoms with van der Waals surface area (Å²) in [6.07, 6.45) is 1.61. The molecule has 3 rings (SSSR count). The molecule has 0 saturated heterocycles. The molecule has 18 heavy (non-hydrogen) atoms. The Morgan fingerprint density at radius 2 is 2.22 bits per heavy atom. The van der Waals surface area contributed by atoms with Crippen molar-refractivity contribution in [3.8, 4) is 0 Å². The number of rotatable bonds is 2. The summed E-state index contributed by atoms with van der Waals surface area (Å²) in [4.78, 5) is 12.2. The number of amides is 1. The van der Waals surface area contributed by atoms with Crippen LogP contribution < -0.4 is 10.6 Å². The van der Waals surface area contributed by atoms with E-state index in [9.17, 15) is 4.79 Å². The van der Waals surface area contributed by atoms with Gasteiger partial charge in [-0.2, -0.15) is 5.10 Å². The predicted molar refractivity (Wildman–Crippen MR) is 68.1 cm³/mol. The molecule has 1 aromatic carbocycles. The van der Waals surface area contributed by atoms with Crippen LogP contribution in [0.15, 0.2) is 36.5 Å². The van der Waals surface area contributed by atoms with E-state index in [1.807, 2.05) is 18.2 Å². The second kappa shape index (κ2) is 4.62. The summed E-state index contributed by atoms with van der Waals surface area (Å²) in [6.45, 7) is 1.49. The van der Waals surface area contributed by atoms with E-state index in [-0.39, 0.29) is 11.8 Å². The van der Waals surface area contributed by atoms with Crippen molar-refractivity contribution in [3.63, 3.8) is 0 Å². The number of nitrogens with one attached hydrogen (secondary N) is 3. The van der Waals surface area contributed by atoms with Crippen molar-refractivity contribution in [1.82, 2.24) is 15.5 Å². The van der Waals surface area contributed by atoms with E-state index in [0.717, 1.165) is 12.1 Å². The maximum atomic E-state index is 12.2. The average Bonchev–Trinajstić information content (AvgIpc) is 2.91. The Hall–Kier alpha value is -2.14. The molecule has 0 radical (unpaired) electrons. The average molecular weight is 242 g/mol. The van der Waals surface area contributed by atoms with E-state index in [1.165, 1.54) is 5.56 Å². The first kappa shape index (κ1) is 11.0. The lowest BCUT2D eigenvalue weighted by Crippen LogP contribution is -2.35. The molecule has 2 aromatic rings. The first-order chi connectivity index (χ1) is 8.84. The minimum atomic E-state index is -0.154. The first-order valence-electron chi connectivity index (χ1n) is 5.93. The van der Waals surface area contributed by atoms with Gasteiger partial charge in [-0.25, -0.2) is 0 Å². The molecule has 1 aliphatic rings. The number of aromatic amines is 1. The maximum absolute atomic E-state index is 12.2. The number of H-pyrrole nitrogens is 1. The third kappa shape index (κ3) is 2.00. The van der Waals surface area contributed by atoms with Gasteiger partial charge < -0.3 is 10.6 Å². The van der Waals surface area contributed by atoms with Crippen LogP contribution in [0, 0.1) is 0 Å². The van der Waals surface area contributed by atoms with Gasteiger partial charge >= 0.3 is 0 Å². The van der Waals surface area contributed by atoms with Crippen molar-refractivity contribution in [2.75, 3.05) is 11.9 Å². The largest absolute Gasteiger partial charge is 0.312 e. The first-order valence-corrected chi connectivity index (χ1v) is 5.93. The minimum absolute atomic E-state index is 0.0149. The molecule has 0 fully saturated rings. The Labute approximate surface area is 105 Å². The molecule has 1 aliphatic heterocycles. The lowest BCUT2D eigenvalue weighted by molar-refractivity contribution is -0.117. The van der Waals surface area contributed by atoms with Crippen molar-refractivity contribution in [2.24, 2.45) is 0 Å². The zero-order valence-corrected chi connectivity index (χ0v) is 9.81. The molecule has 2 heterocycles. The fourth-order valence-corrected chi connectivity index (χ4v) is 2.28. The van der Waals surface area contributed by atoms with Gasteiger partial charge in [0, 0.05) is 19.2 Å². The molecule has 0 bridgehead atoms. The van der Waals surface area contributed by atoms with Gasteiger partial charge in [-0.1, -0.05) is 24.3 Å². The third-order valence-corrected chi connectivity index (χ3v) is 3.17. The molecule has 1 amide bonds. The number of fused-ring (bicyclic) bond motifs is 1. The number of carbonyl (C=O) groups is 1. The quantitative estimate of drug-likeness (QED) is 0.742. The molecule has 1 atom stereocenters. The molecule has 3 N–H and O–H groups in total. The SMILES string of the molecule is O=C(Nc1ccn[nH]1)C1CNCc2ccccc21. The highest BCUT2D eigenvalue weighted by atomic mass is 16.2. The standard InChI is InChI=1S/C13H14N4O/c18-13(16-12-5-6-15-17-12)11-8-14-7-9-3-1-2-4-10(9)11/h1-6,11,14H,7-8H2,(H2,15,16,17,18). The number of hydrogen-bond donors (Lipinski definition) is 3. The summed E-state index contributed by atoms with van der Waals surface area (Å²) in [5.74, 6) is 0.459. The van der Waals surface area contributed by atoms with E-state index in [4.69, 9.17) is 0 Å². The number of aromatic nitrogens is 2. The molecule has 5 heteroatoms. The summed E-state index contributed by atoms with van der Waals surface area (Å²) in [5.41, 5.74) is 2.29. The van der Waals surface area contributed by atoms with E-state index in [1.54, 1.807) is 12.3 Å². The Morgan fingerprint density at radius 1 is 1.33 bits per heavy atom. The Kier molecular flexibility index (Phi) is 2.82. The summed E-state index contributed by atoms with van der Waals surface area (Å²) in [6, 6.07) is 9.78. The van der Waals surface area contributed by atoms with Crippen LogP contribution in [-0.2, 0) is 11.3 Å². The summed E-state index contributed by atoms with van der Waals surface area (Å²) in [5, 5.41) is 12.6. The topological polar surface area (TPSA) is 69.8 Å². The van der Waals surface area contributed by atoms with Crippen LogP contribution in [0.25, 0.3) is 0 Å². The fourth-order valence-electron chi connectivity index (χ4n) is 2.28. The summed E-state index contributed by atoms with van der Waals surface area (Å²) in [7, 11) is 0. The molecule has 1 unspecified atom stereocenters. The van der Waals surface area contributed by atoms with Crippen molar-refractivity contribution in [3.05, 3.63) is 47.7 Å². The zero-order valence-electron chi connectivity index (χ0n) is 9.81. The number of anilines is 1. The van der Waals surface area contributed by atoms with Crippen LogP contribution >= 0.6 is 0 Å². The summed E-state index contributed by atoms with van der Waals surface area (Å²) < 4.78 is 0. The van der Waals surface area contributed by atoms with Crippen molar-refractivity contribution in [2.45, 2.75) is 12.5 Å². The Balaban J connectivity index is 1.83. The normalized spacial score (nSPS) is 18.1. The van der Waals surface area contributed by atoms with Crippen LogP contribution in [0.2, 0.25) is 0 Å². The van der Waals surface area contributed by atoms with Crippen LogP contribution in [0.3, 0.4) is 0 Å². The maximum Gasteiger partial charge on any atom is 0.234 e. The van der Waals surface area contributed by atoms with Crippen LogP contribution in [0.1, 0.15) is 17.0 Å². The number of benzene rings is 1. The van der Waals surface area contributed by atoms with Gasteiger partial charge in [0.2, 0.25) is 5.91 Å². The zero-order chi connectivity index (χ0) is 12.4. The monoisotopic (exact) mass is 242 g/mol. The van der Waals surface area contributed by atoms with Gasteiger partial charge in [0.15, 0.2) is 0 Å². The predicted octanol–water partition coefficient (Wildman–Crippen LogP) is 1.24. The van der Waals surface area contributed by atoms with Gasteiger partial charge in [-0.3, -0.25) is 9.89 Å². The van der Waals surface area contributed by atoms with Gasteiger partial charge in [0.25, 0.3) is 0 Å². The highest BCUT2D eigenvalue weighted by Crippen LogP contribution is 2.24. The number of carbonyl (C=O) groups excluding carboxylic acids is 1. The van der Waals surface area contributed by atoms with Crippen LogP contribution in [0.4, 0.5) is 5.82 Å². The van der Waals surface area contributed by atoms with E-state index >= 15 is 0 Å². The molecular weight excluding hydrogens is 228 g/mol. The van der Waals surface area contributed by atoms with Gasteiger partial charge in [0.05, 0.1) is 12.1 Å². The van der Waals surface area contributed by atoms with Crippen molar-refractivity contribution < 1.29 is 4.79 Å². The Morgan fingerprint density at radius 3 is 3.06 bits per heavy atom. The lowest BCUT2D eigenvalue weighted by Gasteiger charge is -2.25. The number of nitrogens with zero attached hydrogens (tertiary/aromatic N) is 1. The van der Waals surface area contributed by atoms with Gasteiger partial charge in [-0.15, -0.1) is 0 Å². The van der Waals surface area contributed by atoms with Crippen LogP contribution in [-0.4, -0.2) is 22.6 Å². The molecule has 0 saturated carbocycles. The van der Waals surface area contributed by atoms with E-state index in [0.29, 0.717) is 12.4 Å².